The first-order valence-corrected chi connectivity index (χ1v) is 10.9. The van der Waals surface area contributed by atoms with Gasteiger partial charge in [0.15, 0.2) is 5.96 Å². The molecule has 0 fully saturated rings. The van der Waals surface area contributed by atoms with E-state index in [0.717, 1.165) is 61.2 Å². The lowest BCUT2D eigenvalue weighted by Crippen LogP contribution is -2.43. The van der Waals surface area contributed by atoms with Crippen LogP contribution >= 0.6 is 24.0 Å². The van der Waals surface area contributed by atoms with Gasteiger partial charge in [0.05, 0.1) is 18.8 Å². The minimum Gasteiger partial charge on any atom is -0.497 e. The fraction of sp³-hybridized carbons (Fsp3) is 0.565. The van der Waals surface area contributed by atoms with Gasteiger partial charge in [-0.2, -0.15) is 0 Å². The lowest BCUT2D eigenvalue weighted by molar-refractivity contribution is 0.218. The third kappa shape index (κ3) is 7.38. The number of hydrogen-bond donors (Lipinski definition) is 2. The van der Waals surface area contributed by atoms with Crippen molar-refractivity contribution in [3.05, 3.63) is 46.8 Å². The summed E-state index contributed by atoms with van der Waals surface area (Å²) in [6.07, 6.45) is 1.68. The summed E-state index contributed by atoms with van der Waals surface area (Å²) in [5.74, 6) is 2.58. The van der Waals surface area contributed by atoms with Crippen LogP contribution in [0.1, 0.15) is 56.3 Å². The lowest BCUT2D eigenvalue weighted by atomic mass is 10.0. The largest absolute Gasteiger partial charge is 0.497 e. The summed E-state index contributed by atoms with van der Waals surface area (Å²) >= 11 is 0. The van der Waals surface area contributed by atoms with Gasteiger partial charge in [0.1, 0.15) is 11.5 Å². The van der Waals surface area contributed by atoms with Crippen LogP contribution in [-0.2, 0) is 19.4 Å². The van der Waals surface area contributed by atoms with E-state index in [1.165, 1.54) is 5.56 Å². The average molecular weight is 543 g/mol. The number of aromatic nitrogens is 1. The molecule has 0 spiro atoms. The molecule has 0 aliphatic heterocycles. The van der Waals surface area contributed by atoms with E-state index >= 15 is 0 Å². The maximum Gasteiger partial charge on any atom is 0.191 e. The Labute approximate surface area is 204 Å². The van der Waals surface area contributed by atoms with Crippen LogP contribution in [0.2, 0.25) is 0 Å². The van der Waals surface area contributed by atoms with Crippen LogP contribution in [0.25, 0.3) is 0 Å². The average Bonchev–Trinajstić information content (AvgIpc) is 3.20. The Morgan fingerprint density at radius 3 is 2.48 bits per heavy atom. The standard InChI is InChI=1S/C23H37N5O2.HI/c1-7-20-19(22(8-2)30-27-20)15-25-23(24-5)26-16-21(28(9-3)10-4)17-12-11-13-18(14-17)29-6;/h11-14,21H,7-10,15-16H2,1-6H3,(H2,24,25,26);1H. The third-order valence-corrected chi connectivity index (χ3v) is 5.46. The first kappa shape index (κ1) is 27.2. The third-order valence-electron chi connectivity index (χ3n) is 5.46. The maximum atomic E-state index is 5.47. The van der Waals surface area contributed by atoms with E-state index < -0.39 is 0 Å². The molecule has 1 aromatic heterocycles. The second kappa shape index (κ2) is 14.3. The smallest absolute Gasteiger partial charge is 0.191 e. The van der Waals surface area contributed by atoms with E-state index in [1.54, 1.807) is 14.2 Å². The SMILES string of the molecule is CCc1noc(CC)c1CNC(=NC)NCC(c1cccc(OC)c1)N(CC)CC.I. The number of methoxy groups -OCH3 is 1. The van der Waals surface area contributed by atoms with E-state index in [2.05, 4.69) is 65.5 Å². The van der Waals surface area contributed by atoms with Crippen LogP contribution in [0.5, 0.6) is 5.75 Å². The molecule has 0 saturated heterocycles. The molecule has 0 amide bonds. The van der Waals surface area contributed by atoms with Crippen molar-refractivity contribution >= 4 is 29.9 Å². The van der Waals surface area contributed by atoms with Crippen LogP contribution in [0.3, 0.4) is 0 Å². The fourth-order valence-corrected chi connectivity index (χ4v) is 3.69. The normalized spacial score (nSPS) is 12.4. The highest BCUT2D eigenvalue weighted by atomic mass is 127. The summed E-state index contributed by atoms with van der Waals surface area (Å²) < 4.78 is 10.9. The predicted octanol–water partition coefficient (Wildman–Crippen LogP) is 4.17. The molecule has 0 radical (unpaired) electrons. The van der Waals surface area contributed by atoms with Crippen LogP contribution in [0, 0.1) is 0 Å². The number of halogens is 1. The molecule has 2 rings (SSSR count). The molecule has 0 aliphatic carbocycles. The Morgan fingerprint density at radius 2 is 1.90 bits per heavy atom. The van der Waals surface area contributed by atoms with Gasteiger partial charge in [0, 0.05) is 32.1 Å². The molecule has 1 unspecified atom stereocenters. The first-order valence-electron chi connectivity index (χ1n) is 10.9. The predicted molar refractivity (Wildman–Crippen MR) is 138 cm³/mol. The van der Waals surface area contributed by atoms with Gasteiger partial charge in [-0.1, -0.05) is 45.0 Å². The minimum absolute atomic E-state index is 0. The Kier molecular flexibility index (Phi) is 12.5. The molecule has 174 valence electrons. The Morgan fingerprint density at radius 1 is 1.16 bits per heavy atom. The summed E-state index contributed by atoms with van der Waals surface area (Å²) in [5, 5.41) is 11.1. The molecule has 7 nitrogen and oxygen atoms in total. The van der Waals surface area contributed by atoms with Gasteiger partial charge in [0.25, 0.3) is 0 Å². The Hall–Kier alpha value is -1.81. The number of rotatable bonds is 11. The van der Waals surface area contributed by atoms with Gasteiger partial charge < -0.3 is 19.9 Å². The molecule has 2 aromatic rings. The van der Waals surface area contributed by atoms with Crippen molar-refractivity contribution in [1.29, 1.82) is 0 Å². The number of nitrogens with zero attached hydrogens (tertiary/aromatic N) is 3. The van der Waals surface area contributed by atoms with Crippen molar-refractivity contribution in [2.45, 2.75) is 53.1 Å². The monoisotopic (exact) mass is 543 g/mol. The Bertz CT molecular complexity index is 784. The second-order valence-corrected chi connectivity index (χ2v) is 7.06. The van der Waals surface area contributed by atoms with Gasteiger partial charge in [-0.05, 0) is 37.2 Å². The first-order chi connectivity index (χ1) is 14.6. The summed E-state index contributed by atoms with van der Waals surface area (Å²) in [6, 6.07) is 8.50. The van der Waals surface area contributed by atoms with E-state index in [9.17, 15) is 0 Å². The number of hydrogen-bond acceptors (Lipinski definition) is 5. The van der Waals surface area contributed by atoms with E-state index in [0.29, 0.717) is 6.54 Å². The van der Waals surface area contributed by atoms with Gasteiger partial charge >= 0.3 is 0 Å². The molecule has 31 heavy (non-hydrogen) atoms. The molecular weight excluding hydrogens is 505 g/mol. The second-order valence-electron chi connectivity index (χ2n) is 7.06. The number of nitrogens with one attached hydrogen (secondary N) is 2. The van der Waals surface area contributed by atoms with Gasteiger partial charge in [-0.25, -0.2) is 0 Å². The molecule has 2 N–H and O–H groups in total. The molecule has 8 heteroatoms. The van der Waals surface area contributed by atoms with Crippen LogP contribution in [0.4, 0.5) is 0 Å². The highest BCUT2D eigenvalue weighted by Crippen LogP contribution is 2.24. The van der Waals surface area contributed by atoms with Crippen molar-refractivity contribution in [2.24, 2.45) is 4.99 Å². The highest BCUT2D eigenvalue weighted by molar-refractivity contribution is 14.0. The maximum absolute atomic E-state index is 5.47. The number of likely N-dealkylation sites (N-methyl/N-ethyl adjacent to an activating group) is 1. The van der Waals surface area contributed by atoms with Crippen molar-refractivity contribution in [2.75, 3.05) is 33.8 Å². The number of ether oxygens (including phenoxy) is 1. The number of aliphatic imine (C=N–C) groups is 1. The van der Waals surface area contributed by atoms with Crippen molar-refractivity contribution in [1.82, 2.24) is 20.7 Å². The van der Waals surface area contributed by atoms with Crippen LogP contribution in [0.15, 0.2) is 33.8 Å². The van der Waals surface area contributed by atoms with Crippen LogP contribution < -0.4 is 15.4 Å². The number of benzene rings is 1. The zero-order chi connectivity index (χ0) is 21.9. The summed E-state index contributed by atoms with van der Waals surface area (Å²) in [7, 11) is 3.50. The van der Waals surface area contributed by atoms with Gasteiger partial charge in [-0.3, -0.25) is 9.89 Å². The molecule has 1 aromatic carbocycles. The molecular formula is C23H38IN5O2. The fourth-order valence-electron chi connectivity index (χ4n) is 3.69. The topological polar surface area (TPSA) is 74.9 Å². The quantitative estimate of drug-likeness (QED) is 0.252. The van der Waals surface area contributed by atoms with E-state index in [-0.39, 0.29) is 30.0 Å². The molecule has 0 saturated carbocycles. The van der Waals surface area contributed by atoms with E-state index in [1.807, 2.05) is 12.1 Å². The highest BCUT2D eigenvalue weighted by Gasteiger charge is 2.19. The zero-order valence-electron chi connectivity index (χ0n) is 19.7. The van der Waals surface area contributed by atoms with Crippen molar-refractivity contribution < 1.29 is 9.26 Å². The summed E-state index contributed by atoms with van der Waals surface area (Å²) in [4.78, 5) is 6.84. The lowest BCUT2D eigenvalue weighted by Gasteiger charge is -2.31. The summed E-state index contributed by atoms with van der Waals surface area (Å²) in [5.41, 5.74) is 3.37. The number of guanidine groups is 1. The van der Waals surface area contributed by atoms with Crippen molar-refractivity contribution in [3.8, 4) is 5.75 Å². The zero-order valence-corrected chi connectivity index (χ0v) is 22.0. The molecule has 0 bridgehead atoms. The Balaban J connectivity index is 0.00000480. The number of aryl methyl sites for hydroxylation is 2. The van der Waals surface area contributed by atoms with Crippen molar-refractivity contribution in [3.63, 3.8) is 0 Å². The molecule has 1 atom stereocenters. The summed E-state index contributed by atoms with van der Waals surface area (Å²) in [6.45, 7) is 11.9. The molecule has 0 aliphatic rings. The minimum atomic E-state index is 0. The molecule has 1 heterocycles. The van der Waals surface area contributed by atoms with Gasteiger partial charge in [0.2, 0.25) is 0 Å². The van der Waals surface area contributed by atoms with Gasteiger partial charge in [-0.15, -0.1) is 24.0 Å². The van der Waals surface area contributed by atoms with E-state index in [4.69, 9.17) is 9.26 Å². The van der Waals surface area contributed by atoms with Crippen LogP contribution in [-0.4, -0.2) is 49.8 Å².